The van der Waals surface area contributed by atoms with E-state index in [1.807, 2.05) is 13.8 Å². The first kappa shape index (κ1) is 13.8. The standard InChI is InChI=1S/C11H17N5O2S/c1-4-9-12-6-10(15-9)19(17,18)16-8(3)11-13-5-7(2)14-11/h5-6,8,16H,4H2,1-3H3,(H,12,15)(H,13,14). The van der Waals surface area contributed by atoms with Gasteiger partial charge in [-0.25, -0.2) is 18.4 Å². The van der Waals surface area contributed by atoms with Crippen LogP contribution in [0.25, 0.3) is 0 Å². The van der Waals surface area contributed by atoms with Gasteiger partial charge in [-0.15, -0.1) is 0 Å². The van der Waals surface area contributed by atoms with Crippen molar-refractivity contribution < 1.29 is 8.42 Å². The van der Waals surface area contributed by atoms with Crippen LogP contribution in [0.4, 0.5) is 0 Å². The number of rotatable bonds is 5. The van der Waals surface area contributed by atoms with Crippen molar-refractivity contribution in [2.45, 2.75) is 38.3 Å². The second-order valence-corrected chi connectivity index (χ2v) is 6.02. The average Bonchev–Trinajstić information content (AvgIpc) is 2.96. The van der Waals surface area contributed by atoms with Crippen LogP contribution in [0.3, 0.4) is 0 Å². The van der Waals surface area contributed by atoms with E-state index in [1.165, 1.54) is 6.20 Å². The molecule has 3 N–H and O–H groups in total. The molecule has 0 saturated carbocycles. The average molecular weight is 283 g/mol. The summed E-state index contributed by atoms with van der Waals surface area (Å²) in [6, 6.07) is -0.438. The molecule has 19 heavy (non-hydrogen) atoms. The Morgan fingerprint density at radius 3 is 2.58 bits per heavy atom. The monoisotopic (exact) mass is 283 g/mol. The Kier molecular flexibility index (Phi) is 3.72. The summed E-state index contributed by atoms with van der Waals surface area (Å²) in [5, 5.41) is 0.0690. The minimum absolute atomic E-state index is 0.0690. The van der Waals surface area contributed by atoms with Crippen LogP contribution in [0.15, 0.2) is 17.4 Å². The van der Waals surface area contributed by atoms with E-state index in [-0.39, 0.29) is 5.03 Å². The molecule has 2 rings (SSSR count). The fraction of sp³-hybridized carbons (Fsp3) is 0.455. The number of aromatic amines is 2. The Balaban J connectivity index is 2.17. The zero-order valence-electron chi connectivity index (χ0n) is 11.1. The lowest BCUT2D eigenvalue weighted by Crippen LogP contribution is -2.27. The molecular formula is C11H17N5O2S. The van der Waals surface area contributed by atoms with E-state index in [9.17, 15) is 8.42 Å². The summed E-state index contributed by atoms with van der Waals surface area (Å²) >= 11 is 0. The smallest absolute Gasteiger partial charge is 0.258 e. The summed E-state index contributed by atoms with van der Waals surface area (Å²) in [6.45, 7) is 5.49. The lowest BCUT2D eigenvalue weighted by Gasteiger charge is -2.10. The van der Waals surface area contributed by atoms with Crippen LogP contribution in [0, 0.1) is 6.92 Å². The Morgan fingerprint density at radius 2 is 2.05 bits per heavy atom. The van der Waals surface area contributed by atoms with Gasteiger partial charge in [-0.1, -0.05) is 6.92 Å². The fourth-order valence-corrected chi connectivity index (χ4v) is 2.81. The minimum atomic E-state index is -3.62. The van der Waals surface area contributed by atoms with Crippen LogP contribution in [0.1, 0.15) is 37.2 Å². The number of nitrogens with zero attached hydrogens (tertiary/aromatic N) is 2. The molecule has 0 aliphatic rings. The molecule has 2 aromatic rings. The summed E-state index contributed by atoms with van der Waals surface area (Å²) < 4.78 is 26.8. The Morgan fingerprint density at radius 1 is 1.32 bits per heavy atom. The summed E-state index contributed by atoms with van der Waals surface area (Å²) in [5.74, 6) is 1.22. The van der Waals surface area contributed by atoms with Gasteiger partial charge in [-0.3, -0.25) is 0 Å². The maximum absolute atomic E-state index is 12.1. The van der Waals surface area contributed by atoms with Crippen molar-refractivity contribution in [3.05, 3.63) is 29.7 Å². The molecule has 0 amide bonds. The number of imidazole rings is 2. The molecule has 104 valence electrons. The van der Waals surface area contributed by atoms with Gasteiger partial charge in [-0.05, 0) is 13.8 Å². The molecule has 0 fully saturated rings. The van der Waals surface area contributed by atoms with Crippen molar-refractivity contribution in [3.8, 4) is 0 Å². The van der Waals surface area contributed by atoms with E-state index in [1.54, 1.807) is 13.1 Å². The number of nitrogens with one attached hydrogen (secondary N) is 3. The molecule has 0 spiro atoms. The van der Waals surface area contributed by atoms with Crippen LogP contribution in [-0.2, 0) is 16.4 Å². The molecule has 1 atom stereocenters. The maximum Gasteiger partial charge on any atom is 0.258 e. The molecule has 2 aromatic heterocycles. The quantitative estimate of drug-likeness (QED) is 0.762. The number of hydrogen-bond acceptors (Lipinski definition) is 4. The lowest BCUT2D eigenvalue weighted by atomic mass is 10.3. The largest absolute Gasteiger partial charge is 0.345 e. The topological polar surface area (TPSA) is 104 Å². The van der Waals surface area contributed by atoms with Gasteiger partial charge in [0.05, 0.1) is 12.2 Å². The van der Waals surface area contributed by atoms with E-state index in [0.29, 0.717) is 18.1 Å². The molecule has 1 unspecified atom stereocenters. The van der Waals surface area contributed by atoms with Gasteiger partial charge in [0.1, 0.15) is 11.6 Å². The summed E-state index contributed by atoms with van der Waals surface area (Å²) in [6.07, 6.45) is 3.63. The van der Waals surface area contributed by atoms with Crippen molar-refractivity contribution in [3.63, 3.8) is 0 Å². The third-order valence-corrected chi connectivity index (χ3v) is 4.14. The highest BCUT2D eigenvalue weighted by atomic mass is 32.2. The van der Waals surface area contributed by atoms with E-state index in [0.717, 1.165) is 5.69 Å². The van der Waals surface area contributed by atoms with E-state index >= 15 is 0 Å². The summed E-state index contributed by atoms with van der Waals surface area (Å²) in [4.78, 5) is 13.9. The van der Waals surface area contributed by atoms with Gasteiger partial charge < -0.3 is 9.97 Å². The highest BCUT2D eigenvalue weighted by Gasteiger charge is 2.21. The first-order valence-corrected chi connectivity index (χ1v) is 7.48. The molecule has 0 aromatic carbocycles. The van der Waals surface area contributed by atoms with Crippen LogP contribution in [-0.4, -0.2) is 28.4 Å². The fourth-order valence-electron chi connectivity index (χ4n) is 1.66. The van der Waals surface area contributed by atoms with Crippen molar-refractivity contribution in [2.24, 2.45) is 0 Å². The number of H-pyrrole nitrogens is 2. The van der Waals surface area contributed by atoms with Gasteiger partial charge >= 0.3 is 0 Å². The van der Waals surface area contributed by atoms with Crippen LogP contribution >= 0.6 is 0 Å². The first-order valence-electron chi connectivity index (χ1n) is 6.00. The number of hydrogen-bond donors (Lipinski definition) is 3. The van der Waals surface area contributed by atoms with Gasteiger partial charge in [0.25, 0.3) is 10.0 Å². The van der Waals surface area contributed by atoms with E-state index in [4.69, 9.17) is 0 Å². The molecule has 0 saturated heterocycles. The molecule has 0 aliphatic heterocycles. The first-order chi connectivity index (χ1) is 8.92. The molecule has 0 aliphatic carbocycles. The zero-order chi connectivity index (χ0) is 14.0. The van der Waals surface area contributed by atoms with Gasteiger partial charge in [0, 0.05) is 18.3 Å². The van der Waals surface area contributed by atoms with Crippen LogP contribution in [0.5, 0.6) is 0 Å². The number of aryl methyl sites for hydroxylation is 2. The maximum atomic E-state index is 12.1. The molecule has 8 heteroatoms. The van der Waals surface area contributed by atoms with Crippen molar-refractivity contribution in [1.82, 2.24) is 24.7 Å². The zero-order valence-corrected chi connectivity index (χ0v) is 11.9. The van der Waals surface area contributed by atoms with Crippen LogP contribution < -0.4 is 4.72 Å². The van der Waals surface area contributed by atoms with E-state index in [2.05, 4.69) is 24.7 Å². The molecule has 7 nitrogen and oxygen atoms in total. The highest BCUT2D eigenvalue weighted by molar-refractivity contribution is 7.89. The predicted molar refractivity (Wildman–Crippen MR) is 70.0 cm³/mol. The number of aromatic nitrogens is 4. The summed E-state index contributed by atoms with van der Waals surface area (Å²) in [7, 11) is -3.62. The normalized spacial score (nSPS) is 13.6. The Bertz CT molecular complexity index is 658. The summed E-state index contributed by atoms with van der Waals surface area (Å²) in [5.41, 5.74) is 0.885. The predicted octanol–water partition coefficient (Wildman–Crippen LogP) is 1.04. The third-order valence-electron chi connectivity index (χ3n) is 2.69. The lowest BCUT2D eigenvalue weighted by molar-refractivity contribution is 0.557. The van der Waals surface area contributed by atoms with Crippen LogP contribution in [0.2, 0.25) is 0 Å². The molecular weight excluding hydrogens is 266 g/mol. The van der Waals surface area contributed by atoms with Crippen molar-refractivity contribution in [2.75, 3.05) is 0 Å². The van der Waals surface area contributed by atoms with Gasteiger partial charge in [0.2, 0.25) is 0 Å². The second kappa shape index (κ2) is 5.14. The third kappa shape index (κ3) is 3.02. The van der Waals surface area contributed by atoms with Crippen molar-refractivity contribution >= 4 is 10.0 Å². The molecule has 2 heterocycles. The second-order valence-electron chi connectivity index (χ2n) is 4.34. The van der Waals surface area contributed by atoms with E-state index < -0.39 is 16.1 Å². The molecule has 0 bridgehead atoms. The number of sulfonamides is 1. The Hall–Kier alpha value is -1.67. The SMILES string of the molecule is CCc1ncc(S(=O)(=O)NC(C)c2ncc(C)[nH]2)[nH]1. The minimum Gasteiger partial charge on any atom is -0.345 e. The Labute approximate surface area is 111 Å². The van der Waals surface area contributed by atoms with Gasteiger partial charge in [0.15, 0.2) is 5.03 Å². The molecule has 0 radical (unpaired) electrons. The van der Waals surface area contributed by atoms with Crippen molar-refractivity contribution in [1.29, 1.82) is 0 Å². The van der Waals surface area contributed by atoms with Gasteiger partial charge in [-0.2, -0.15) is 4.72 Å². The highest BCUT2D eigenvalue weighted by Crippen LogP contribution is 2.13.